The van der Waals surface area contributed by atoms with Crippen molar-refractivity contribution in [3.05, 3.63) is 35.9 Å². The minimum Gasteiger partial charge on any atom is -0.461 e. The van der Waals surface area contributed by atoms with Crippen LogP contribution < -0.4 is 0 Å². The molecule has 0 aromatic heterocycles. The normalized spacial score (nSPS) is 52.5. The summed E-state index contributed by atoms with van der Waals surface area (Å²) in [7, 11) is 0. The smallest absolute Gasteiger partial charge is 0.338 e. The average Bonchev–Trinajstić information content (AvgIpc) is 3.00. The van der Waals surface area contributed by atoms with Gasteiger partial charge in [0.2, 0.25) is 0 Å². The molecule has 1 aromatic carbocycles. The van der Waals surface area contributed by atoms with E-state index in [4.69, 9.17) is 23.7 Å². The van der Waals surface area contributed by atoms with Gasteiger partial charge in [-0.15, -0.1) is 0 Å². The van der Waals surface area contributed by atoms with Gasteiger partial charge in [-0.3, -0.25) is 0 Å². The van der Waals surface area contributed by atoms with Gasteiger partial charge < -0.3 is 49.2 Å². The number of hydrogen-bond acceptors (Lipinski definition) is 11. The molecule has 2 unspecified atom stereocenters. The summed E-state index contributed by atoms with van der Waals surface area (Å²) in [5.41, 5.74) is -2.99. The highest BCUT2D eigenvalue weighted by Gasteiger charge is 2.94. The number of aliphatic hydroxyl groups is 5. The molecule has 186 valence electrons. The summed E-state index contributed by atoms with van der Waals surface area (Å²) < 4.78 is 29.7. The first-order valence-corrected chi connectivity index (χ1v) is 11.4. The summed E-state index contributed by atoms with van der Waals surface area (Å²) in [6.07, 6.45) is -7.87. The second-order valence-electron chi connectivity index (χ2n) is 10.2. The Balaban J connectivity index is 1.32. The Morgan fingerprint density at radius 2 is 1.85 bits per heavy atom. The minimum absolute atomic E-state index is 0.0902. The SMILES string of the molecule is C[C@]12C[C@]3(O)OC(O1)[C@@]1(COC(=O)c4ccccc4)C3C[C@@]12O[C@@H]1O[C@H](CO)[C@@H](O)[C@H](O)[C@H]1O. The van der Waals surface area contributed by atoms with Gasteiger partial charge in [0, 0.05) is 12.3 Å². The van der Waals surface area contributed by atoms with Gasteiger partial charge in [-0.2, -0.15) is 0 Å². The van der Waals surface area contributed by atoms with E-state index in [9.17, 15) is 30.3 Å². The molecule has 4 heterocycles. The third-order valence-electron chi connectivity index (χ3n) is 8.57. The monoisotopic (exact) mass is 480 g/mol. The van der Waals surface area contributed by atoms with E-state index in [0.717, 1.165) is 0 Å². The molecule has 0 spiro atoms. The van der Waals surface area contributed by atoms with Crippen LogP contribution in [-0.4, -0.2) is 98.7 Å². The number of esters is 1. The minimum atomic E-state index is -1.61. The molecule has 11 atom stereocenters. The lowest BCUT2D eigenvalue weighted by Gasteiger charge is -2.67. The molecule has 4 aliphatic heterocycles. The second-order valence-corrected chi connectivity index (χ2v) is 10.2. The van der Waals surface area contributed by atoms with Crippen LogP contribution in [0.1, 0.15) is 30.1 Å². The molecule has 0 amide bonds. The fourth-order valence-corrected chi connectivity index (χ4v) is 6.87. The third kappa shape index (κ3) is 2.59. The predicted molar refractivity (Wildman–Crippen MR) is 109 cm³/mol. The standard InChI is InChI=1S/C23H28O11/c1-20-9-22(29)13-7-23(20,32-18-16(27)15(26)14(25)12(8-24)31-18)21(13,19(33-20)34-22)10-30-17(28)11-5-3-2-4-6-11/h2-6,12-16,18-19,24-27,29H,7-10H2,1H3/t12-,13?,14-,15+,16-,18+,19?,20-,21-,22+,23+/m1/s1. The van der Waals surface area contributed by atoms with Crippen LogP contribution in [0.2, 0.25) is 0 Å². The first-order valence-electron chi connectivity index (χ1n) is 11.4. The molecule has 3 aliphatic carbocycles. The van der Waals surface area contributed by atoms with E-state index < -0.39 is 77.9 Å². The molecule has 3 saturated carbocycles. The van der Waals surface area contributed by atoms with Crippen LogP contribution in [-0.2, 0) is 23.7 Å². The van der Waals surface area contributed by atoms with E-state index in [1.807, 2.05) is 0 Å². The van der Waals surface area contributed by atoms with Crippen molar-refractivity contribution in [1.29, 1.82) is 0 Å². The van der Waals surface area contributed by atoms with Gasteiger partial charge in [-0.05, 0) is 25.5 Å². The third-order valence-corrected chi connectivity index (χ3v) is 8.57. The topological polar surface area (TPSA) is 164 Å². The van der Waals surface area contributed by atoms with Crippen molar-refractivity contribution >= 4 is 5.97 Å². The largest absolute Gasteiger partial charge is 0.461 e. The number of hydrogen-bond donors (Lipinski definition) is 5. The van der Waals surface area contributed by atoms with Crippen LogP contribution in [0, 0.1) is 11.3 Å². The highest BCUT2D eigenvalue weighted by molar-refractivity contribution is 5.89. The van der Waals surface area contributed by atoms with Crippen LogP contribution in [0.3, 0.4) is 0 Å². The molecule has 1 aromatic rings. The lowest BCUT2D eigenvalue weighted by Crippen LogP contribution is -2.80. The van der Waals surface area contributed by atoms with E-state index in [0.29, 0.717) is 5.56 Å². The predicted octanol–water partition coefficient (Wildman–Crippen LogP) is -1.36. The molecule has 6 bridgehead atoms. The Bertz CT molecular complexity index is 988. The molecule has 7 fully saturated rings. The maximum absolute atomic E-state index is 12.7. The molecule has 11 nitrogen and oxygen atoms in total. The van der Waals surface area contributed by atoms with Gasteiger partial charge in [0.25, 0.3) is 0 Å². The molecular weight excluding hydrogens is 452 g/mol. The number of ether oxygens (including phenoxy) is 5. The summed E-state index contributed by atoms with van der Waals surface area (Å²) in [4.78, 5) is 12.7. The van der Waals surface area contributed by atoms with Crippen molar-refractivity contribution in [3.8, 4) is 0 Å². The molecule has 11 heteroatoms. The van der Waals surface area contributed by atoms with Gasteiger partial charge in [-0.1, -0.05) is 18.2 Å². The Kier molecular flexibility index (Phi) is 4.81. The van der Waals surface area contributed by atoms with E-state index in [-0.39, 0.29) is 19.4 Å². The zero-order valence-electron chi connectivity index (χ0n) is 18.4. The van der Waals surface area contributed by atoms with E-state index >= 15 is 0 Å². The Hall–Kier alpha value is -1.67. The zero-order valence-corrected chi connectivity index (χ0v) is 18.4. The van der Waals surface area contributed by atoms with E-state index in [1.54, 1.807) is 37.3 Å². The van der Waals surface area contributed by atoms with E-state index in [1.165, 1.54) is 0 Å². The van der Waals surface area contributed by atoms with Crippen molar-refractivity contribution < 1.29 is 54.0 Å². The van der Waals surface area contributed by atoms with Gasteiger partial charge in [-0.25, -0.2) is 4.79 Å². The van der Waals surface area contributed by atoms with Crippen molar-refractivity contribution in [2.75, 3.05) is 13.2 Å². The van der Waals surface area contributed by atoms with E-state index in [2.05, 4.69) is 0 Å². The highest BCUT2D eigenvalue weighted by atomic mass is 16.8. The Labute approximate surface area is 194 Å². The quantitative estimate of drug-likeness (QED) is 0.306. The van der Waals surface area contributed by atoms with Crippen LogP contribution in [0.5, 0.6) is 0 Å². The molecule has 4 saturated heterocycles. The van der Waals surface area contributed by atoms with Crippen molar-refractivity contribution in [2.45, 2.75) is 73.8 Å². The summed E-state index contributed by atoms with van der Waals surface area (Å²) in [6.45, 7) is 0.985. The number of carbonyl (C=O) groups excluding carboxylic acids is 1. The number of rotatable bonds is 6. The average molecular weight is 480 g/mol. The zero-order chi connectivity index (χ0) is 24.1. The first kappa shape index (κ1) is 22.8. The highest BCUT2D eigenvalue weighted by Crippen LogP contribution is 2.81. The number of benzene rings is 1. The first-order chi connectivity index (χ1) is 16.1. The summed E-state index contributed by atoms with van der Waals surface area (Å²) >= 11 is 0. The number of aliphatic hydroxyl groups excluding tert-OH is 4. The summed E-state index contributed by atoms with van der Waals surface area (Å²) in [6, 6.07) is 8.47. The van der Waals surface area contributed by atoms with Crippen molar-refractivity contribution in [3.63, 3.8) is 0 Å². The fraction of sp³-hybridized carbons (Fsp3) is 0.696. The number of carbonyl (C=O) groups is 1. The maximum Gasteiger partial charge on any atom is 0.338 e. The van der Waals surface area contributed by atoms with Crippen LogP contribution >= 0.6 is 0 Å². The summed E-state index contributed by atoms with van der Waals surface area (Å²) in [5, 5.41) is 51.7. The van der Waals surface area contributed by atoms with Crippen LogP contribution in [0.15, 0.2) is 30.3 Å². The second kappa shape index (κ2) is 7.19. The van der Waals surface area contributed by atoms with Crippen molar-refractivity contribution in [2.24, 2.45) is 11.3 Å². The molecule has 8 rings (SSSR count). The Morgan fingerprint density at radius 1 is 1.12 bits per heavy atom. The Morgan fingerprint density at radius 3 is 2.56 bits per heavy atom. The van der Waals surface area contributed by atoms with Gasteiger partial charge in [0.05, 0.1) is 17.6 Å². The van der Waals surface area contributed by atoms with Gasteiger partial charge in [0.1, 0.15) is 42.2 Å². The van der Waals surface area contributed by atoms with Gasteiger partial charge >= 0.3 is 5.97 Å². The van der Waals surface area contributed by atoms with Gasteiger partial charge in [0.15, 0.2) is 18.4 Å². The maximum atomic E-state index is 12.7. The van der Waals surface area contributed by atoms with Crippen LogP contribution in [0.25, 0.3) is 0 Å². The fourth-order valence-electron chi connectivity index (χ4n) is 6.87. The molecule has 34 heavy (non-hydrogen) atoms. The van der Waals surface area contributed by atoms with Crippen molar-refractivity contribution in [1.82, 2.24) is 0 Å². The summed E-state index contributed by atoms with van der Waals surface area (Å²) in [5.74, 6) is -2.49. The molecule has 5 N–H and O–H groups in total. The lowest BCUT2D eigenvalue weighted by atomic mass is 9.41. The molecule has 0 radical (unpaired) electrons. The lowest BCUT2D eigenvalue weighted by molar-refractivity contribution is -0.424. The van der Waals surface area contributed by atoms with Crippen LogP contribution in [0.4, 0.5) is 0 Å². The molecular formula is C23H28O11. The molecule has 7 aliphatic rings.